The predicted molar refractivity (Wildman–Crippen MR) is 116 cm³/mol. The third kappa shape index (κ3) is 6.99. The van der Waals surface area contributed by atoms with Crippen molar-refractivity contribution in [1.82, 2.24) is 4.98 Å². The summed E-state index contributed by atoms with van der Waals surface area (Å²) in [5.41, 5.74) is -5.98. The van der Waals surface area contributed by atoms with E-state index in [9.17, 15) is 39.9 Å². The Bertz CT molecular complexity index is 1090. The summed E-state index contributed by atoms with van der Waals surface area (Å²) in [6, 6.07) is 3.13. The molecule has 0 aliphatic heterocycles. The molecule has 2 aromatic rings. The summed E-state index contributed by atoms with van der Waals surface area (Å²) in [6.45, 7) is 3.10. The highest BCUT2D eigenvalue weighted by molar-refractivity contribution is 9.10. The fourth-order valence-electron chi connectivity index (χ4n) is 3.39. The van der Waals surface area contributed by atoms with Crippen molar-refractivity contribution in [2.45, 2.75) is 44.5 Å². The van der Waals surface area contributed by atoms with Gasteiger partial charge in [0.2, 0.25) is 0 Å². The molecule has 194 valence electrons. The van der Waals surface area contributed by atoms with E-state index in [-0.39, 0.29) is 10.9 Å². The minimum absolute atomic E-state index is 0.112. The second kappa shape index (κ2) is 10.9. The number of hydrogen-bond acceptors (Lipinski definition) is 5. The molecule has 1 aromatic carbocycles. The highest BCUT2D eigenvalue weighted by Gasteiger charge is 2.43. The summed E-state index contributed by atoms with van der Waals surface area (Å²) in [6.07, 6.45) is -14.4. The maximum absolute atomic E-state index is 14.1. The maximum Gasteiger partial charge on any atom is 0.573 e. The third-order valence-corrected chi connectivity index (χ3v) is 5.65. The van der Waals surface area contributed by atoms with Crippen molar-refractivity contribution < 1.29 is 49.4 Å². The van der Waals surface area contributed by atoms with Crippen LogP contribution in [0.2, 0.25) is 0 Å². The number of thiol groups is 1. The van der Waals surface area contributed by atoms with Gasteiger partial charge in [-0.1, -0.05) is 35.8 Å². The number of pyridine rings is 1. The molecule has 0 aliphatic carbocycles. The van der Waals surface area contributed by atoms with Gasteiger partial charge in [-0.15, -0.1) is 13.2 Å². The molecule has 0 fully saturated rings. The van der Waals surface area contributed by atoms with E-state index in [0.29, 0.717) is 0 Å². The van der Waals surface area contributed by atoms with E-state index in [1.807, 2.05) is 0 Å². The van der Waals surface area contributed by atoms with Crippen molar-refractivity contribution in [2.24, 2.45) is 5.92 Å². The fourth-order valence-corrected chi connectivity index (χ4v) is 4.22. The zero-order chi connectivity index (χ0) is 26.9. The predicted octanol–water partition coefficient (Wildman–Crippen LogP) is 7.70. The van der Waals surface area contributed by atoms with Crippen LogP contribution >= 0.6 is 28.6 Å². The molecule has 35 heavy (non-hydrogen) atoms. The van der Waals surface area contributed by atoms with Crippen molar-refractivity contribution in [3.8, 4) is 5.75 Å². The second-order valence-corrected chi connectivity index (χ2v) is 9.07. The number of hydrogen-bond donors (Lipinski definition) is 1. The van der Waals surface area contributed by atoms with Crippen LogP contribution in [-0.4, -0.2) is 24.4 Å². The molecule has 0 radical (unpaired) electrons. The van der Waals surface area contributed by atoms with Gasteiger partial charge in [0.25, 0.3) is 6.43 Å². The summed E-state index contributed by atoms with van der Waals surface area (Å²) in [5.74, 6) is -2.72. The average molecular weight is 596 g/mol. The minimum atomic E-state index is -5.32. The zero-order valence-corrected chi connectivity index (χ0v) is 20.7. The largest absolute Gasteiger partial charge is 0.573 e. The molecule has 0 bridgehead atoms. The van der Waals surface area contributed by atoms with E-state index in [0.717, 1.165) is 19.2 Å². The first-order valence-corrected chi connectivity index (χ1v) is 11.0. The van der Waals surface area contributed by atoms with Gasteiger partial charge in [-0.2, -0.15) is 25.8 Å². The number of aromatic nitrogens is 1. The van der Waals surface area contributed by atoms with E-state index in [1.165, 1.54) is 6.07 Å². The van der Waals surface area contributed by atoms with Crippen molar-refractivity contribution in [3.63, 3.8) is 0 Å². The molecular weight excluding hydrogens is 578 g/mol. The van der Waals surface area contributed by atoms with Crippen LogP contribution in [0.4, 0.5) is 35.1 Å². The van der Waals surface area contributed by atoms with E-state index in [2.05, 4.69) is 43.0 Å². The molecule has 1 atom stereocenters. The highest BCUT2D eigenvalue weighted by atomic mass is 79.9. The molecular formula is C21H18BrF8NO3S. The van der Waals surface area contributed by atoms with Gasteiger partial charge in [-0.3, -0.25) is 0 Å². The molecule has 0 spiro atoms. The number of carbonyl (C=O) groups is 1. The monoisotopic (exact) mass is 595 g/mol. The molecule has 1 unspecified atom stereocenters. The number of esters is 1. The third-order valence-electron chi connectivity index (χ3n) is 4.62. The summed E-state index contributed by atoms with van der Waals surface area (Å²) < 4.78 is 117. The van der Waals surface area contributed by atoms with Crippen molar-refractivity contribution in [2.75, 3.05) is 7.11 Å². The summed E-state index contributed by atoms with van der Waals surface area (Å²) in [7, 11) is 0.844. The lowest BCUT2D eigenvalue weighted by atomic mass is 9.87. The van der Waals surface area contributed by atoms with E-state index < -0.39 is 75.5 Å². The maximum atomic E-state index is 14.1. The first kappa shape index (κ1) is 29.1. The summed E-state index contributed by atoms with van der Waals surface area (Å²) in [5, 5.41) is -1.81. The Kier molecular flexibility index (Phi) is 9.07. The minimum Gasteiger partial charge on any atom is -0.465 e. The number of benzene rings is 1. The smallest absolute Gasteiger partial charge is 0.465 e. The van der Waals surface area contributed by atoms with Crippen LogP contribution in [0.15, 0.2) is 22.7 Å². The zero-order valence-electron chi connectivity index (χ0n) is 18.2. The Morgan fingerprint density at radius 2 is 1.74 bits per heavy atom. The van der Waals surface area contributed by atoms with Crippen molar-refractivity contribution >= 4 is 34.5 Å². The normalized spacial score (nSPS) is 13.3. The number of alkyl halides is 8. The Morgan fingerprint density at radius 3 is 2.20 bits per heavy atom. The average Bonchev–Trinajstić information content (AvgIpc) is 2.69. The Hall–Kier alpha value is -2.09. The van der Waals surface area contributed by atoms with Crippen molar-refractivity contribution in [1.29, 1.82) is 0 Å². The van der Waals surface area contributed by atoms with Crippen LogP contribution in [0.3, 0.4) is 0 Å². The fraction of sp³-hybridized carbons (Fsp3) is 0.429. The molecule has 0 aliphatic rings. The van der Waals surface area contributed by atoms with Gasteiger partial charge in [0.1, 0.15) is 17.1 Å². The molecule has 0 saturated heterocycles. The molecule has 2 rings (SSSR count). The van der Waals surface area contributed by atoms with Crippen LogP contribution in [0.1, 0.15) is 64.0 Å². The van der Waals surface area contributed by atoms with Gasteiger partial charge in [0, 0.05) is 15.6 Å². The van der Waals surface area contributed by atoms with E-state index >= 15 is 0 Å². The highest BCUT2D eigenvalue weighted by Crippen LogP contribution is 2.46. The Balaban J connectivity index is 3.03. The number of carbonyl (C=O) groups excluding carboxylic acids is 1. The number of rotatable bonds is 7. The first-order valence-electron chi connectivity index (χ1n) is 9.71. The summed E-state index contributed by atoms with van der Waals surface area (Å²) in [4.78, 5) is 15.5. The van der Waals surface area contributed by atoms with Crippen LogP contribution in [0, 0.1) is 5.92 Å². The molecule has 0 N–H and O–H groups in total. The molecule has 0 saturated carbocycles. The van der Waals surface area contributed by atoms with Gasteiger partial charge in [-0.05, 0) is 30.0 Å². The van der Waals surface area contributed by atoms with Gasteiger partial charge in [0.15, 0.2) is 0 Å². The number of methoxy groups -OCH3 is 1. The topological polar surface area (TPSA) is 48.4 Å². The van der Waals surface area contributed by atoms with Crippen molar-refractivity contribution in [3.05, 3.63) is 56.3 Å². The van der Waals surface area contributed by atoms with Crippen LogP contribution in [0.25, 0.3) is 0 Å². The number of ether oxygens (including phenoxy) is 2. The first-order chi connectivity index (χ1) is 16.0. The summed E-state index contributed by atoms with van der Waals surface area (Å²) >= 11 is 7.10. The van der Waals surface area contributed by atoms with Crippen LogP contribution in [-0.2, 0) is 17.3 Å². The quantitative estimate of drug-likeness (QED) is 0.202. The number of halogens is 9. The lowest BCUT2D eigenvalue weighted by Gasteiger charge is -2.26. The SMILES string of the molecule is COC(=O)c1c(C(F)F)nc(C(F)(F)F)c(C(S)c2ccc(Br)cc2OC(F)(F)F)c1CC(C)C. The van der Waals surface area contributed by atoms with Crippen LogP contribution < -0.4 is 4.74 Å². The molecule has 4 nitrogen and oxygen atoms in total. The Morgan fingerprint density at radius 1 is 1.14 bits per heavy atom. The van der Waals surface area contributed by atoms with Gasteiger partial charge in [-0.25, -0.2) is 18.6 Å². The lowest BCUT2D eigenvalue weighted by Crippen LogP contribution is -2.24. The van der Waals surface area contributed by atoms with E-state index in [4.69, 9.17) is 0 Å². The second-order valence-electron chi connectivity index (χ2n) is 7.63. The van der Waals surface area contributed by atoms with Gasteiger partial charge in [0.05, 0.1) is 17.9 Å². The molecule has 1 heterocycles. The van der Waals surface area contributed by atoms with Gasteiger partial charge < -0.3 is 9.47 Å². The van der Waals surface area contributed by atoms with E-state index in [1.54, 1.807) is 13.8 Å². The lowest BCUT2D eigenvalue weighted by molar-refractivity contribution is -0.274. The van der Waals surface area contributed by atoms with Gasteiger partial charge >= 0.3 is 18.5 Å². The number of nitrogens with zero attached hydrogens (tertiary/aromatic N) is 1. The molecule has 0 amide bonds. The molecule has 14 heteroatoms. The van der Waals surface area contributed by atoms with Crippen LogP contribution in [0.5, 0.6) is 5.75 Å². The molecule has 1 aromatic heterocycles. The standard InChI is InChI=1S/C21H18BrF8NO3S/c1-8(2)6-11-13(19(32)33-3)15(18(23)24)31-17(20(25,26)27)14(11)16(35)10-5-4-9(22)7-12(10)34-21(28,29)30/h4-5,7-8,16,18,35H,6H2,1-3H3. The Labute approximate surface area is 208 Å².